The maximum atomic E-state index is 13.2. The Morgan fingerprint density at radius 3 is 2.17 bits per heavy atom. The van der Waals surface area contributed by atoms with Crippen LogP contribution in [0.25, 0.3) is 0 Å². The smallest absolute Gasteiger partial charge is 0.368 e. The van der Waals surface area contributed by atoms with Crippen molar-refractivity contribution in [1.29, 1.82) is 0 Å². The average molecular weight is 518 g/mol. The van der Waals surface area contributed by atoms with Crippen LogP contribution in [0.5, 0.6) is 0 Å². The van der Waals surface area contributed by atoms with E-state index in [0.717, 1.165) is 23.9 Å². The van der Waals surface area contributed by atoms with Gasteiger partial charge in [0.15, 0.2) is 5.17 Å². The summed E-state index contributed by atoms with van der Waals surface area (Å²) in [6.45, 7) is 1.15. The highest BCUT2D eigenvalue weighted by atomic mass is 32.2. The molecular formula is C21H16F6N4O3S. The largest absolute Gasteiger partial charge is 0.416 e. The summed E-state index contributed by atoms with van der Waals surface area (Å²) in [5, 5.41) is 11.7. The molecular weight excluding hydrogens is 502 g/mol. The second kappa shape index (κ2) is 9.06. The molecule has 4 rings (SSSR count). The van der Waals surface area contributed by atoms with Gasteiger partial charge in [0, 0.05) is 43.5 Å². The molecule has 2 aromatic carbocycles. The number of aldehydes is 1. The van der Waals surface area contributed by atoms with Gasteiger partial charge < -0.3 is 14.6 Å². The van der Waals surface area contributed by atoms with E-state index >= 15 is 0 Å². The monoisotopic (exact) mass is 518 g/mol. The Kier molecular flexibility index (Phi) is 6.42. The summed E-state index contributed by atoms with van der Waals surface area (Å²) in [5.41, 5.74) is -2.62. The van der Waals surface area contributed by atoms with Gasteiger partial charge in [-0.2, -0.15) is 26.3 Å². The van der Waals surface area contributed by atoms with Gasteiger partial charge in [-0.1, -0.05) is 6.07 Å². The molecule has 0 radical (unpaired) electrons. The molecule has 186 valence electrons. The van der Waals surface area contributed by atoms with Gasteiger partial charge in [-0.3, -0.25) is 10.1 Å². The number of benzene rings is 2. The van der Waals surface area contributed by atoms with Gasteiger partial charge >= 0.3 is 12.4 Å². The maximum absolute atomic E-state index is 13.2. The van der Waals surface area contributed by atoms with Crippen LogP contribution in [0.1, 0.15) is 22.7 Å². The minimum atomic E-state index is -4.85. The third-order valence-electron chi connectivity index (χ3n) is 5.60. The second-order valence-corrected chi connectivity index (χ2v) is 8.76. The normalized spacial score (nSPS) is 18.7. The number of piperazine rings is 1. The van der Waals surface area contributed by atoms with Crippen LogP contribution in [-0.2, 0) is 17.1 Å². The molecule has 0 aromatic heterocycles. The molecule has 1 unspecified atom stereocenters. The van der Waals surface area contributed by atoms with E-state index in [2.05, 4.69) is 4.99 Å². The fourth-order valence-corrected chi connectivity index (χ4v) is 5.05. The SMILES string of the molecule is O=CC1N=C(N2CCN(c3cccc(C(F)(F)F)c3)CC2)Sc2c1cc(C(F)(F)F)cc2[N+](=O)[O-]. The molecule has 1 saturated heterocycles. The summed E-state index contributed by atoms with van der Waals surface area (Å²) in [6, 6.07) is 4.65. The molecule has 2 heterocycles. The number of aliphatic imine (C=N–C) groups is 1. The Balaban J connectivity index is 1.57. The number of thioether (sulfide) groups is 1. The quantitative estimate of drug-likeness (QED) is 0.242. The maximum Gasteiger partial charge on any atom is 0.416 e. The molecule has 0 spiro atoms. The Morgan fingerprint density at radius 1 is 0.971 bits per heavy atom. The van der Waals surface area contributed by atoms with E-state index in [-0.39, 0.29) is 28.7 Å². The van der Waals surface area contributed by atoms with Crippen LogP contribution in [0.4, 0.5) is 37.7 Å². The lowest BCUT2D eigenvalue weighted by atomic mass is 10.0. The van der Waals surface area contributed by atoms with Gasteiger partial charge in [0.05, 0.1) is 20.9 Å². The number of fused-ring (bicyclic) bond motifs is 1. The van der Waals surface area contributed by atoms with E-state index in [1.54, 1.807) is 15.9 Å². The third kappa shape index (κ3) is 5.06. The van der Waals surface area contributed by atoms with Crippen LogP contribution in [0.2, 0.25) is 0 Å². The predicted octanol–water partition coefficient (Wildman–Crippen LogP) is 5.16. The van der Waals surface area contributed by atoms with Crippen LogP contribution in [0.3, 0.4) is 0 Å². The predicted molar refractivity (Wildman–Crippen MR) is 115 cm³/mol. The first-order valence-corrected chi connectivity index (χ1v) is 11.0. The molecule has 0 saturated carbocycles. The summed E-state index contributed by atoms with van der Waals surface area (Å²) in [7, 11) is 0. The van der Waals surface area contributed by atoms with Gasteiger partial charge in [-0.05, 0) is 36.0 Å². The molecule has 1 fully saturated rings. The van der Waals surface area contributed by atoms with Crippen LogP contribution in [0.15, 0.2) is 46.3 Å². The van der Waals surface area contributed by atoms with Crippen LogP contribution < -0.4 is 4.90 Å². The first kappa shape index (κ1) is 24.8. The van der Waals surface area contributed by atoms with Crippen molar-refractivity contribution in [2.75, 3.05) is 31.1 Å². The Morgan fingerprint density at radius 2 is 1.60 bits per heavy atom. The van der Waals surface area contributed by atoms with Crippen LogP contribution in [0, 0.1) is 10.1 Å². The zero-order chi connectivity index (χ0) is 25.5. The van der Waals surface area contributed by atoms with E-state index in [4.69, 9.17) is 0 Å². The number of carbonyl (C=O) groups excluding carboxylic acids is 1. The highest BCUT2D eigenvalue weighted by Gasteiger charge is 2.39. The number of hydrogen-bond donors (Lipinski definition) is 0. The second-order valence-electron chi connectivity index (χ2n) is 7.79. The van der Waals surface area contributed by atoms with E-state index in [0.29, 0.717) is 37.2 Å². The zero-order valence-electron chi connectivity index (χ0n) is 17.6. The highest BCUT2D eigenvalue weighted by molar-refractivity contribution is 8.14. The number of rotatable bonds is 3. The number of nitrogens with zero attached hydrogens (tertiary/aromatic N) is 4. The zero-order valence-corrected chi connectivity index (χ0v) is 18.5. The van der Waals surface area contributed by atoms with Crippen LogP contribution >= 0.6 is 11.8 Å². The fraction of sp³-hybridized carbons (Fsp3) is 0.333. The molecule has 0 bridgehead atoms. The molecule has 0 N–H and O–H groups in total. The molecule has 0 amide bonds. The average Bonchev–Trinajstić information content (AvgIpc) is 2.81. The number of anilines is 1. The molecule has 2 aromatic rings. The van der Waals surface area contributed by atoms with Crippen LogP contribution in [-0.4, -0.2) is 47.5 Å². The molecule has 2 aliphatic heterocycles. The summed E-state index contributed by atoms with van der Waals surface area (Å²) in [5.74, 6) is 0. The van der Waals surface area contributed by atoms with E-state index < -0.39 is 40.1 Å². The Labute approximate surface area is 198 Å². The molecule has 7 nitrogen and oxygen atoms in total. The van der Waals surface area contributed by atoms with Crippen molar-refractivity contribution in [3.63, 3.8) is 0 Å². The number of alkyl halides is 6. The summed E-state index contributed by atoms with van der Waals surface area (Å²) in [4.78, 5) is 29.8. The van der Waals surface area contributed by atoms with E-state index in [9.17, 15) is 41.3 Å². The molecule has 14 heteroatoms. The lowest BCUT2D eigenvalue weighted by Crippen LogP contribution is -2.48. The standard InChI is InChI=1S/C21H16F6N4O3S/c22-20(23,24)12-2-1-3-14(8-12)29-4-6-30(7-5-29)19-28-16(11-32)15-9-13(21(25,26)27)10-17(31(33)34)18(15)35-19/h1-3,8-11,16H,4-7H2. The van der Waals surface area contributed by atoms with Crippen molar-refractivity contribution in [3.05, 3.63) is 63.2 Å². The lowest BCUT2D eigenvalue weighted by molar-refractivity contribution is -0.388. The summed E-state index contributed by atoms with van der Waals surface area (Å²) >= 11 is 0.801. The number of hydrogen-bond acceptors (Lipinski definition) is 7. The topological polar surface area (TPSA) is 79.0 Å². The van der Waals surface area contributed by atoms with Crippen molar-refractivity contribution in [3.8, 4) is 0 Å². The van der Waals surface area contributed by atoms with Crippen molar-refractivity contribution in [2.45, 2.75) is 23.3 Å². The van der Waals surface area contributed by atoms with E-state index in [1.807, 2.05) is 0 Å². The highest BCUT2D eigenvalue weighted by Crippen LogP contribution is 2.45. The number of nitro benzene ring substituents is 1. The fourth-order valence-electron chi connectivity index (χ4n) is 3.86. The molecule has 0 aliphatic carbocycles. The van der Waals surface area contributed by atoms with Gasteiger partial charge in [-0.25, -0.2) is 4.99 Å². The van der Waals surface area contributed by atoms with Gasteiger partial charge in [0.1, 0.15) is 12.3 Å². The van der Waals surface area contributed by atoms with Gasteiger partial charge in [-0.15, -0.1) is 0 Å². The van der Waals surface area contributed by atoms with Crippen molar-refractivity contribution in [1.82, 2.24) is 4.90 Å². The minimum absolute atomic E-state index is 0.0922. The van der Waals surface area contributed by atoms with Crippen molar-refractivity contribution < 1.29 is 36.1 Å². The first-order chi connectivity index (χ1) is 16.4. The molecule has 1 atom stereocenters. The lowest BCUT2D eigenvalue weighted by Gasteiger charge is -2.38. The third-order valence-corrected chi connectivity index (χ3v) is 6.80. The van der Waals surface area contributed by atoms with Gasteiger partial charge in [0.25, 0.3) is 5.69 Å². The molecule has 2 aliphatic rings. The first-order valence-electron chi connectivity index (χ1n) is 10.2. The van der Waals surface area contributed by atoms with Gasteiger partial charge in [0.2, 0.25) is 0 Å². The minimum Gasteiger partial charge on any atom is -0.368 e. The summed E-state index contributed by atoms with van der Waals surface area (Å²) in [6.07, 6.45) is -9.01. The number of amidine groups is 1. The summed E-state index contributed by atoms with van der Waals surface area (Å²) < 4.78 is 78.8. The number of nitro groups is 1. The Hall–Kier alpha value is -3.29. The Bertz CT molecular complexity index is 1190. The van der Waals surface area contributed by atoms with E-state index in [1.165, 1.54) is 6.07 Å². The van der Waals surface area contributed by atoms with Crippen molar-refractivity contribution in [2.24, 2.45) is 4.99 Å². The van der Waals surface area contributed by atoms with Crippen molar-refractivity contribution >= 4 is 34.6 Å². The number of halogens is 6. The number of carbonyl (C=O) groups is 1. The molecule has 35 heavy (non-hydrogen) atoms.